The third-order valence-electron chi connectivity index (χ3n) is 4.00. The van der Waals surface area contributed by atoms with Gasteiger partial charge in [-0.25, -0.2) is 4.98 Å². The molecule has 0 fully saturated rings. The molecule has 3 nitrogen and oxygen atoms in total. The molecule has 0 aliphatic heterocycles. The molecule has 24 heavy (non-hydrogen) atoms. The van der Waals surface area contributed by atoms with Crippen molar-refractivity contribution in [3.8, 4) is 0 Å². The summed E-state index contributed by atoms with van der Waals surface area (Å²) in [5.41, 5.74) is 2.46. The van der Waals surface area contributed by atoms with Crippen LogP contribution < -0.4 is 5.32 Å². The minimum absolute atomic E-state index is 0.00874. The summed E-state index contributed by atoms with van der Waals surface area (Å²) in [5, 5.41) is 2.85. The Morgan fingerprint density at radius 2 is 1.42 bits per heavy atom. The fraction of sp³-hybridized carbons (Fsp3) is 0.143. The van der Waals surface area contributed by atoms with E-state index < -0.39 is 0 Å². The SMILES string of the molecule is O=C(CCC(c1ccccc1)c1ccccc1)Nc1ccccn1. The van der Waals surface area contributed by atoms with Crippen LogP contribution in [0.3, 0.4) is 0 Å². The number of hydrogen-bond donors (Lipinski definition) is 1. The van der Waals surface area contributed by atoms with Crippen LogP contribution in [0.1, 0.15) is 29.9 Å². The van der Waals surface area contributed by atoms with Crippen LogP contribution in [0.25, 0.3) is 0 Å². The number of nitrogens with one attached hydrogen (secondary N) is 1. The van der Waals surface area contributed by atoms with Gasteiger partial charge >= 0.3 is 0 Å². The minimum Gasteiger partial charge on any atom is -0.311 e. The molecule has 0 atom stereocenters. The first-order valence-electron chi connectivity index (χ1n) is 8.14. The number of hydrogen-bond acceptors (Lipinski definition) is 2. The smallest absolute Gasteiger partial charge is 0.225 e. The van der Waals surface area contributed by atoms with E-state index in [1.54, 1.807) is 12.3 Å². The summed E-state index contributed by atoms with van der Waals surface area (Å²) in [4.78, 5) is 16.4. The molecule has 0 bridgehead atoms. The number of carbonyl (C=O) groups excluding carboxylic acids is 1. The largest absolute Gasteiger partial charge is 0.311 e. The maximum atomic E-state index is 12.2. The summed E-state index contributed by atoms with van der Waals surface area (Å²) in [7, 11) is 0. The Hall–Kier alpha value is -2.94. The topological polar surface area (TPSA) is 42.0 Å². The zero-order valence-corrected chi connectivity index (χ0v) is 13.4. The summed E-state index contributed by atoms with van der Waals surface area (Å²) >= 11 is 0. The normalized spacial score (nSPS) is 10.5. The lowest BCUT2D eigenvalue weighted by Gasteiger charge is -2.18. The maximum Gasteiger partial charge on any atom is 0.225 e. The third kappa shape index (κ3) is 4.29. The number of nitrogens with zero attached hydrogens (tertiary/aromatic N) is 1. The Labute approximate surface area is 142 Å². The Bertz CT molecular complexity index is 718. The maximum absolute atomic E-state index is 12.2. The van der Waals surface area contributed by atoms with E-state index in [1.807, 2.05) is 48.5 Å². The van der Waals surface area contributed by atoms with Crippen LogP contribution in [0.2, 0.25) is 0 Å². The lowest BCUT2D eigenvalue weighted by molar-refractivity contribution is -0.116. The van der Waals surface area contributed by atoms with E-state index in [0.29, 0.717) is 12.2 Å². The number of benzene rings is 2. The number of rotatable bonds is 6. The zero-order chi connectivity index (χ0) is 16.6. The van der Waals surface area contributed by atoms with Gasteiger partial charge in [0.25, 0.3) is 0 Å². The molecule has 1 aromatic heterocycles. The van der Waals surface area contributed by atoms with Crippen LogP contribution in [-0.4, -0.2) is 10.9 Å². The van der Waals surface area contributed by atoms with Crippen molar-refractivity contribution in [2.24, 2.45) is 0 Å². The second kappa shape index (κ2) is 8.06. The van der Waals surface area contributed by atoms with Crippen molar-refractivity contribution in [3.63, 3.8) is 0 Å². The molecule has 0 spiro atoms. The lowest BCUT2D eigenvalue weighted by Crippen LogP contribution is -2.14. The second-order valence-corrected chi connectivity index (χ2v) is 5.68. The molecule has 1 N–H and O–H groups in total. The van der Waals surface area contributed by atoms with Gasteiger partial charge in [-0.1, -0.05) is 66.7 Å². The fourth-order valence-electron chi connectivity index (χ4n) is 2.81. The number of amides is 1. The van der Waals surface area contributed by atoms with Gasteiger partial charge in [-0.05, 0) is 29.7 Å². The Balaban J connectivity index is 1.70. The average molecular weight is 316 g/mol. The zero-order valence-electron chi connectivity index (χ0n) is 13.4. The number of anilines is 1. The van der Waals surface area contributed by atoms with E-state index >= 15 is 0 Å². The first kappa shape index (κ1) is 15.9. The van der Waals surface area contributed by atoms with E-state index in [0.717, 1.165) is 6.42 Å². The standard InChI is InChI=1S/C21H20N2O/c24-21(23-20-13-7-8-16-22-20)15-14-19(17-9-3-1-4-10-17)18-11-5-2-6-12-18/h1-13,16,19H,14-15H2,(H,22,23,24). The van der Waals surface area contributed by atoms with E-state index in [2.05, 4.69) is 34.6 Å². The molecule has 0 aliphatic rings. The van der Waals surface area contributed by atoms with Crippen molar-refractivity contribution in [2.45, 2.75) is 18.8 Å². The Morgan fingerprint density at radius 1 is 0.833 bits per heavy atom. The van der Waals surface area contributed by atoms with Gasteiger partial charge in [0.15, 0.2) is 0 Å². The van der Waals surface area contributed by atoms with Gasteiger partial charge < -0.3 is 5.32 Å². The fourth-order valence-corrected chi connectivity index (χ4v) is 2.81. The molecule has 120 valence electrons. The molecule has 3 heteroatoms. The predicted octanol–water partition coefficient (Wildman–Crippen LogP) is 4.63. The molecule has 0 unspecified atom stereocenters. The summed E-state index contributed by atoms with van der Waals surface area (Å²) in [6.45, 7) is 0. The number of carbonyl (C=O) groups is 1. The van der Waals surface area contributed by atoms with Gasteiger partial charge in [0.05, 0.1) is 0 Å². The lowest BCUT2D eigenvalue weighted by atomic mass is 9.87. The highest BCUT2D eigenvalue weighted by atomic mass is 16.1. The van der Waals surface area contributed by atoms with Crippen molar-refractivity contribution in [2.75, 3.05) is 5.32 Å². The van der Waals surface area contributed by atoms with Crippen molar-refractivity contribution >= 4 is 11.7 Å². The summed E-state index contributed by atoms with van der Waals surface area (Å²) < 4.78 is 0. The highest BCUT2D eigenvalue weighted by Crippen LogP contribution is 2.29. The van der Waals surface area contributed by atoms with Crippen LogP contribution >= 0.6 is 0 Å². The van der Waals surface area contributed by atoms with Crippen LogP contribution in [0.15, 0.2) is 85.1 Å². The van der Waals surface area contributed by atoms with Crippen LogP contribution in [0.5, 0.6) is 0 Å². The first-order chi connectivity index (χ1) is 11.8. The molecule has 3 rings (SSSR count). The number of aromatic nitrogens is 1. The molecule has 0 radical (unpaired) electrons. The molecule has 2 aromatic carbocycles. The number of pyridine rings is 1. The highest BCUT2D eigenvalue weighted by Gasteiger charge is 2.15. The predicted molar refractivity (Wildman–Crippen MR) is 96.8 cm³/mol. The summed E-state index contributed by atoms with van der Waals surface area (Å²) in [6.07, 6.45) is 2.88. The van der Waals surface area contributed by atoms with Crippen molar-refractivity contribution in [3.05, 3.63) is 96.2 Å². The van der Waals surface area contributed by atoms with Crippen LogP contribution in [-0.2, 0) is 4.79 Å². The van der Waals surface area contributed by atoms with Gasteiger partial charge in [0.2, 0.25) is 5.91 Å². The van der Waals surface area contributed by atoms with Gasteiger partial charge in [-0.3, -0.25) is 4.79 Å². The van der Waals surface area contributed by atoms with Crippen molar-refractivity contribution < 1.29 is 4.79 Å². The van der Waals surface area contributed by atoms with Crippen molar-refractivity contribution in [1.82, 2.24) is 4.98 Å². The molecular formula is C21H20N2O. The first-order valence-corrected chi connectivity index (χ1v) is 8.14. The molecule has 1 amide bonds. The molecular weight excluding hydrogens is 296 g/mol. The molecule has 1 heterocycles. The van der Waals surface area contributed by atoms with Gasteiger partial charge in [0, 0.05) is 18.5 Å². The molecule has 3 aromatic rings. The summed E-state index contributed by atoms with van der Waals surface area (Å²) in [6, 6.07) is 26.2. The summed E-state index contributed by atoms with van der Waals surface area (Å²) in [5.74, 6) is 0.797. The second-order valence-electron chi connectivity index (χ2n) is 5.68. The molecule has 0 saturated carbocycles. The van der Waals surface area contributed by atoms with Gasteiger partial charge in [-0.15, -0.1) is 0 Å². The van der Waals surface area contributed by atoms with Gasteiger partial charge in [-0.2, -0.15) is 0 Å². The van der Waals surface area contributed by atoms with E-state index in [9.17, 15) is 4.79 Å². The third-order valence-corrected chi connectivity index (χ3v) is 4.00. The Kier molecular flexibility index (Phi) is 5.36. The average Bonchev–Trinajstić information content (AvgIpc) is 2.64. The van der Waals surface area contributed by atoms with E-state index in [-0.39, 0.29) is 11.8 Å². The minimum atomic E-state index is -0.00874. The van der Waals surface area contributed by atoms with Crippen LogP contribution in [0, 0.1) is 0 Å². The van der Waals surface area contributed by atoms with Crippen LogP contribution in [0.4, 0.5) is 5.82 Å². The quantitative estimate of drug-likeness (QED) is 0.720. The van der Waals surface area contributed by atoms with E-state index in [4.69, 9.17) is 0 Å². The highest BCUT2D eigenvalue weighted by molar-refractivity contribution is 5.89. The van der Waals surface area contributed by atoms with E-state index in [1.165, 1.54) is 11.1 Å². The molecule has 0 aliphatic carbocycles. The van der Waals surface area contributed by atoms with Gasteiger partial charge in [0.1, 0.15) is 5.82 Å². The Morgan fingerprint density at radius 3 is 1.96 bits per heavy atom. The monoisotopic (exact) mass is 316 g/mol. The van der Waals surface area contributed by atoms with Crippen molar-refractivity contribution in [1.29, 1.82) is 0 Å². The molecule has 0 saturated heterocycles.